The largest absolute Gasteiger partial charge is 0.349 e. The summed E-state index contributed by atoms with van der Waals surface area (Å²) in [6.07, 6.45) is 1.95. The molecule has 0 radical (unpaired) electrons. The lowest BCUT2D eigenvalue weighted by Gasteiger charge is -2.20. The van der Waals surface area contributed by atoms with Crippen LogP contribution in [0.25, 0.3) is 0 Å². The fourth-order valence-corrected chi connectivity index (χ4v) is 1.74. The molecule has 0 spiro atoms. The third-order valence-electron chi connectivity index (χ3n) is 2.79. The quantitative estimate of drug-likeness (QED) is 0.693. The van der Waals surface area contributed by atoms with Gasteiger partial charge in [0.05, 0.1) is 0 Å². The Bertz CT molecular complexity index is 284. The van der Waals surface area contributed by atoms with Crippen LogP contribution in [0.2, 0.25) is 0 Å². The third kappa shape index (κ3) is 3.46. The normalized spacial score (nSPS) is 21.6. The Labute approximate surface area is 89.6 Å². The summed E-state index contributed by atoms with van der Waals surface area (Å²) >= 11 is 0. The number of amides is 1. The molecule has 15 heavy (non-hydrogen) atoms. The van der Waals surface area contributed by atoms with Gasteiger partial charge >= 0.3 is 0 Å². The number of Topliss-reactive ketones (excluding diaryl/α,β-unsaturated/α-hetero) is 2. The van der Waals surface area contributed by atoms with Gasteiger partial charge in [0, 0.05) is 45.7 Å². The van der Waals surface area contributed by atoms with Crippen LogP contribution in [-0.4, -0.2) is 36.5 Å². The van der Waals surface area contributed by atoms with E-state index in [-0.39, 0.29) is 23.4 Å². The molecule has 0 heterocycles. The lowest BCUT2D eigenvalue weighted by molar-refractivity contribution is -0.134. The summed E-state index contributed by atoms with van der Waals surface area (Å²) in [4.78, 5) is 35.4. The van der Waals surface area contributed by atoms with Gasteiger partial charge in [0.15, 0.2) is 0 Å². The van der Waals surface area contributed by atoms with Crippen molar-refractivity contribution in [3.63, 3.8) is 0 Å². The summed E-state index contributed by atoms with van der Waals surface area (Å²) in [6.45, 7) is 0. The summed E-state index contributed by atoms with van der Waals surface area (Å²) in [7, 11) is 3.38. The van der Waals surface area contributed by atoms with E-state index in [2.05, 4.69) is 0 Å². The molecule has 0 aliphatic heterocycles. The van der Waals surface area contributed by atoms with Gasteiger partial charge in [-0.3, -0.25) is 14.4 Å². The molecule has 1 fully saturated rings. The van der Waals surface area contributed by atoms with Gasteiger partial charge < -0.3 is 4.90 Å². The topological polar surface area (TPSA) is 54.5 Å². The monoisotopic (exact) mass is 211 g/mol. The lowest BCUT2D eigenvalue weighted by atomic mass is 9.84. The van der Waals surface area contributed by atoms with Crippen LogP contribution < -0.4 is 0 Å². The molecule has 84 valence electrons. The van der Waals surface area contributed by atoms with Gasteiger partial charge in [0.2, 0.25) is 5.91 Å². The molecule has 0 aromatic carbocycles. The summed E-state index contributed by atoms with van der Waals surface area (Å²) in [6, 6.07) is 0. The molecule has 1 atom stereocenters. The van der Waals surface area contributed by atoms with Gasteiger partial charge in [-0.15, -0.1) is 0 Å². The third-order valence-corrected chi connectivity index (χ3v) is 2.79. The molecule has 0 N–H and O–H groups in total. The predicted molar refractivity (Wildman–Crippen MR) is 55.3 cm³/mol. The predicted octanol–water partition coefficient (Wildman–Crippen LogP) is 0.793. The highest BCUT2D eigenvalue weighted by Gasteiger charge is 2.27. The zero-order chi connectivity index (χ0) is 11.4. The van der Waals surface area contributed by atoms with E-state index in [4.69, 9.17) is 0 Å². The number of nitrogens with zero attached hydrogens (tertiary/aromatic N) is 1. The maximum atomic E-state index is 11.4. The molecule has 1 rings (SSSR count). The zero-order valence-electron chi connectivity index (χ0n) is 9.28. The van der Waals surface area contributed by atoms with Crippen molar-refractivity contribution in [2.45, 2.75) is 32.1 Å². The van der Waals surface area contributed by atoms with Crippen LogP contribution in [0.5, 0.6) is 0 Å². The lowest BCUT2D eigenvalue weighted by Crippen LogP contribution is -2.27. The second-order valence-corrected chi connectivity index (χ2v) is 4.23. The average molecular weight is 211 g/mol. The molecule has 0 aromatic rings. The van der Waals surface area contributed by atoms with Crippen LogP contribution in [0.15, 0.2) is 0 Å². The summed E-state index contributed by atoms with van der Waals surface area (Å²) in [5.41, 5.74) is 0. The Morgan fingerprint density at radius 1 is 1.33 bits per heavy atom. The maximum Gasteiger partial charge on any atom is 0.222 e. The number of carbonyl (C=O) groups is 3. The smallest absolute Gasteiger partial charge is 0.222 e. The molecule has 4 heteroatoms. The van der Waals surface area contributed by atoms with E-state index in [9.17, 15) is 14.4 Å². The van der Waals surface area contributed by atoms with Gasteiger partial charge in [-0.1, -0.05) is 0 Å². The van der Waals surface area contributed by atoms with Crippen molar-refractivity contribution in [2.24, 2.45) is 5.92 Å². The Morgan fingerprint density at radius 3 is 2.60 bits per heavy atom. The van der Waals surface area contributed by atoms with E-state index in [1.54, 1.807) is 14.1 Å². The molecular weight excluding hydrogens is 194 g/mol. The molecule has 0 bridgehead atoms. The van der Waals surface area contributed by atoms with Crippen molar-refractivity contribution in [3.05, 3.63) is 0 Å². The first-order valence-corrected chi connectivity index (χ1v) is 5.25. The van der Waals surface area contributed by atoms with E-state index >= 15 is 0 Å². The molecule has 1 aliphatic carbocycles. The molecule has 1 unspecified atom stereocenters. The number of hydrogen-bond acceptors (Lipinski definition) is 3. The average Bonchev–Trinajstić information content (AvgIpc) is 2.18. The number of hydrogen-bond donors (Lipinski definition) is 0. The van der Waals surface area contributed by atoms with Crippen molar-refractivity contribution in [1.29, 1.82) is 0 Å². The number of ketones is 2. The van der Waals surface area contributed by atoms with Crippen molar-refractivity contribution in [3.8, 4) is 0 Å². The van der Waals surface area contributed by atoms with Gasteiger partial charge in [-0.2, -0.15) is 0 Å². The summed E-state index contributed by atoms with van der Waals surface area (Å²) in [5.74, 6) is 0.0917. The van der Waals surface area contributed by atoms with Gasteiger partial charge in [-0.05, 0) is 6.42 Å². The number of rotatable bonds is 3. The second kappa shape index (κ2) is 5.05. The van der Waals surface area contributed by atoms with Gasteiger partial charge in [0.25, 0.3) is 0 Å². The molecular formula is C11H17NO3. The minimum atomic E-state index is -0.213. The zero-order valence-corrected chi connectivity index (χ0v) is 9.28. The van der Waals surface area contributed by atoms with Crippen LogP contribution in [-0.2, 0) is 14.4 Å². The van der Waals surface area contributed by atoms with E-state index in [1.807, 2.05) is 0 Å². The first-order chi connectivity index (χ1) is 7.00. The minimum Gasteiger partial charge on any atom is -0.349 e. The highest BCUT2D eigenvalue weighted by atomic mass is 16.2. The first-order valence-electron chi connectivity index (χ1n) is 5.25. The molecule has 0 aromatic heterocycles. The molecule has 1 aliphatic rings. The molecule has 1 amide bonds. The Hall–Kier alpha value is -1.19. The van der Waals surface area contributed by atoms with Crippen molar-refractivity contribution in [1.82, 2.24) is 4.90 Å². The molecule has 0 saturated heterocycles. The van der Waals surface area contributed by atoms with Crippen molar-refractivity contribution < 1.29 is 14.4 Å². The fraction of sp³-hybridized carbons (Fsp3) is 0.727. The highest BCUT2D eigenvalue weighted by Crippen LogP contribution is 2.22. The number of carbonyl (C=O) groups excluding carboxylic acids is 3. The minimum absolute atomic E-state index is 0.0147. The maximum absolute atomic E-state index is 11.4. The van der Waals surface area contributed by atoms with Gasteiger partial charge in [-0.25, -0.2) is 0 Å². The van der Waals surface area contributed by atoms with Crippen molar-refractivity contribution in [2.75, 3.05) is 14.1 Å². The Kier molecular flexibility index (Phi) is 4.00. The van der Waals surface area contributed by atoms with Crippen molar-refractivity contribution >= 4 is 17.5 Å². The van der Waals surface area contributed by atoms with Crippen LogP contribution in [0, 0.1) is 5.92 Å². The Balaban J connectivity index is 2.40. The standard InChI is InChI=1S/C11H17NO3/c1-12(2)11(15)6-3-8-7-9(13)4-5-10(8)14/h8H,3-7H2,1-2H3. The highest BCUT2D eigenvalue weighted by molar-refractivity contribution is 5.94. The SMILES string of the molecule is CN(C)C(=O)CCC1CC(=O)CCC1=O. The van der Waals surface area contributed by atoms with Crippen LogP contribution in [0.3, 0.4) is 0 Å². The van der Waals surface area contributed by atoms with Gasteiger partial charge in [0.1, 0.15) is 11.6 Å². The van der Waals surface area contributed by atoms with Crippen LogP contribution in [0.4, 0.5) is 0 Å². The van der Waals surface area contributed by atoms with E-state index in [0.29, 0.717) is 32.1 Å². The Morgan fingerprint density at radius 2 is 2.00 bits per heavy atom. The second-order valence-electron chi connectivity index (χ2n) is 4.23. The summed E-state index contributed by atoms with van der Waals surface area (Å²) < 4.78 is 0. The van der Waals surface area contributed by atoms with Crippen LogP contribution in [0.1, 0.15) is 32.1 Å². The fourth-order valence-electron chi connectivity index (χ4n) is 1.74. The molecule has 1 saturated carbocycles. The summed E-state index contributed by atoms with van der Waals surface area (Å²) in [5, 5.41) is 0. The first kappa shape index (κ1) is 11.9. The van der Waals surface area contributed by atoms with E-state index < -0.39 is 0 Å². The van der Waals surface area contributed by atoms with E-state index in [1.165, 1.54) is 4.90 Å². The van der Waals surface area contributed by atoms with Crippen LogP contribution >= 0.6 is 0 Å². The van der Waals surface area contributed by atoms with E-state index in [0.717, 1.165) is 0 Å². The molecule has 4 nitrogen and oxygen atoms in total.